The van der Waals surface area contributed by atoms with Crippen LogP contribution in [0, 0.1) is 5.82 Å². The summed E-state index contributed by atoms with van der Waals surface area (Å²) in [5.74, 6) is -1.98. The van der Waals surface area contributed by atoms with E-state index in [0.717, 1.165) is 6.07 Å². The van der Waals surface area contributed by atoms with Gasteiger partial charge in [0.25, 0.3) is 0 Å². The quantitative estimate of drug-likeness (QED) is 0.756. The zero-order valence-corrected chi connectivity index (χ0v) is 12.0. The standard InChI is InChI=1S/C13H7Cl3FNO2/c14-7-4-9(16)11(5-8(7)15)18-12-6(13(19)20)2-1-3-10(12)17/h1-5,18H,(H,19,20). The normalized spacial score (nSPS) is 10.4. The zero-order valence-electron chi connectivity index (χ0n) is 9.75. The van der Waals surface area contributed by atoms with Crippen molar-refractivity contribution in [2.24, 2.45) is 0 Å². The fraction of sp³-hybridized carbons (Fsp3) is 0. The van der Waals surface area contributed by atoms with E-state index in [9.17, 15) is 9.18 Å². The van der Waals surface area contributed by atoms with Crippen LogP contribution in [-0.4, -0.2) is 11.1 Å². The molecule has 104 valence electrons. The van der Waals surface area contributed by atoms with Crippen molar-refractivity contribution in [2.75, 3.05) is 5.32 Å². The maximum Gasteiger partial charge on any atom is 0.337 e. The first-order chi connectivity index (χ1) is 9.40. The number of para-hydroxylation sites is 1. The van der Waals surface area contributed by atoms with Gasteiger partial charge in [-0.3, -0.25) is 0 Å². The van der Waals surface area contributed by atoms with Gasteiger partial charge in [0.15, 0.2) is 0 Å². The summed E-state index contributed by atoms with van der Waals surface area (Å²) in [6.07, 6.45) is 0. The van der Waals surface area contributed by atoms with Gasteiger partial charge in [-0.25, -0.2) is 9.18 Å². The highest BCUT2D eigenvalue weighted by Crippen LogP contribution is 2.35. The molecular formula is C13H7Cl3FNO2. The number of benzene rings is 2. The first kappa shape index (κ1) is 14.9. The number of hydrogen-bond acceptors (Lipinski definition) is 2. The van der Waals surface area contributed by atoms with Crippen LogP contribution in [0.2, 0.25) is 15.1 Å². The molecule has 0 unspecified atom stereocenters. The summed E-state index contributed by atoms with van der Waals surface area (Å²) in [4.78, 5) is 11.1. The molecular weight excluding hydrogens is 328 g/mol. The van der Waals surface area contributed by atoms with Crippen molar-refractivity contribution in [3.8, 4) is 0 Å². The van der Waals surface area contributed by atoms with Gasteiger partial charge < -0.3 is 10.4 Å². The van der Waals surface area contributed by atoms with Gasteiger partial charge in [-0.05, 0) is 24.3 Å². The SMILES string of the molecule is O=C(O)c1cccc(F)c1Nc1cc(Cl)c(Cl)cc1Cl. The minimum absolute atomic E-state index is 0.194. The highest BCUT2D eigenvalue weighted by Gasteiger charge is 2.16. The van der Waals surface area contributed by atoms with Crippen LogP contribution in [0.3, 0.4) is 0 Å². The van der Waals surface area contributed by atoms with Crippen LogP contribution in [-0.2, 0) is 0 Å². The van der Waals surface area contributed by atoms with Crippen molar-refractivity contribution < 1.29 is 14.3 Å². The molecule has 20 heavy (non-hydrogen) atoms. The van der Waals surface area contributed by atoms with Gasteiger partial charge in [0.2, 0.25) is 0 Å². The lowest BCUT2D eigenvalue weighted by atomic mass is 10.1. The first-order valence-electron chi connectivity index (χ1n) is 5.33. The van der Waals surface area contributed by atoms with Crippen molar-refractivity contribution in [2.45, 2.75) is 0 Å². The van der Waals surface area contributed by atoms with E-state index in [4.69, 9.17) is 39.9 Å². The number of halogens is 4. The molecule has 0 aliphatic carbocycles. The second kappa shape index (κ2) is 5.87. The van der Waals surface area contributed by atoms with Crippen molar-refractivity contribution in [3.05, 3.63) is 56.8 Å². The van der Waals surface area contributed by atoms with Gasteiger partial charge >= 0.3 is 5.97 Å². The third kappa shape index (κ3) is 2.98. The number of hydrogen-bond donors (Lipinski definition) is 2. The Bertz CT molecular complexity index is 692. The molecule has 0 aromatic heterocycles. The van der Waals surface area contributed by atoms with E-state index in [0.29, 0.717) is 0 Å². The smallest absolute Gasteiger partial charge is 0.337 e. The highest BCUT2D eigenvalue weighted by molar-refractivity contribution is 6.44. The van der Waals surface area contributed by atoms with Crippen LogP contribution in [0.15, 0.2) is 30.3 Å². The first-order valence-corrected chi connectivity index (χ1v) is 6.47. The predicted molar refractivity (Wildman–Crippen MR) is 78.1 cm³/mol. The van der Waals surface area contributed by atoms with E-state index in [-0.39, 0.29) is 32.0 Å². The van der Waals surface area contributed by atoms with Gasteiger partial charge in [0.1, 0.15) is 5.82 Å². The molecule has 7 heteroatoms. The average Bonchev–Trinajstić information content (AvgIpc) is 2.37. The molecule has 0 saturated carbocycles. The summed E-state index contributed by atoms with van der Waals surface area (Å²) in [6, 6.07) is 6.50. The maximum atomic E-state index is 13.8. The van der Waals surface area contributed by atoms with E-state index in [1.54, 1.807) is 0 Å². The lowest BCUT2D eigenvalue weighted by Crippen LogP contribution is -2.05. The number of aromatic carboxylic acids is 1. The van der Waals surface area contributed by atoms with Crippen LogP contribution < -0.4 is 5.32 Å². The second-order valence-electron chi connectivity index (χ2n) is 3.84. The molecule has 2 aromatic rings. The Labute approximate surface area is 128 Å². The predicted octanol–water partition coefficient (Wildman–Crippen LogP) is 5.23. The molecule has 0 radical (unpaired) electrons. The fourth-order valence-corrected chi connectivity index (χ4v) is 2.18. The Morgan fingerprint density at radius 3 is 2.40 bits per heavy atom. The summed E-state index contributed by atoms with van der Waals surface area (Å²) in [5, 5.41) is 12.3. The Kier molecular flexibility index (Phi) is 4.38. The average molecular weight is 335 g/mol. The number of anilines is 2. The van der Waals surface area contributed by atoms with Crippen LogP contribution >= 0.6 is 34.8 Å². The fourth-order valence-electron chi connectivity index (χ4n) is 1.58. The summed E-state index contributed by atoms with van der Waals surface area (Å²) >= 11 is 17.6. The van der Waals surface area contributed by atoms with Crippen LogP contribution in [0.5, 0.6) is 0 Å². The largest absolute Gasteiger partial charge is 0.478 e. The van der Waals surface area contributed by atoms with Crippen LogP contribution in [0.1, 0.15) is 10.4 Å². The Morgan fingerprint density at radius 1 is 1.10 bits per heavy atom. The Hall–Kier alpha value is -1.49. The Balaban J connectivity index is 2.50. The van der Waals surface area contributed by atoms with E-state index in [1.807, 2.05) is 0 Å². The molecule has 3 nitrogen and oxygen atoms in total. The van der Waals surface area contributed by atoms with Gasteiger partial charge in [-0.1, -0.05) is 40.9 Å². The van der Waals surface area contributed by atoms with Gasteiger partial charge in [-0.15, -0.1) is 0 Å². The van der Waals surface area contributed by atoms with Crippen LogP contribution in [0.25, 0.3) is 0 Å². The zero-order chi connectivity index (χ0) is 14.9. The molecule has 2 N–H and O–H groups in total. The summed E-state index contributed by atoms with van der Waals surface area (Å²) < 4.78 is 13.8. The minimum Gasteiger partial charge on any atom is -0.478 e. The minimum atomic E-state index is -1.26. The highest BCUT2D eigenvalue weighted by atomic mass is 35.5. The third-order valence-corrected chi connectivity index (χ3v) is 3.55. The van der Waals surface area contributed by atoms with Crippen molar-refractivity contribution >= 4 is 52.1 Å². The molecule has 2 rings (SSSR count). The lowest BCUT2D eigenvalue weighted by molar-refractivity contribution is 0.0697. The summed E-state index contributed by atoms with van der Waals surface area (Å²) in [5.41, 5.74) is -0.152. The molecule has 0 amide bonds. The number of carboxylic acids is 1. The van der Waals surface area contributed by atoms with Crippen LogP contribution in [0.4, 0.5) is 15.8 Å². The molecule has 0 aliphatic heterocycles. The van der Waals surface area contributed by atoms with Gasteiger partial charge in [0.05, 0.1) is 32.0 Å². The van der Waals surface area contributed by atoms with Crippen molar-refractivity contribution in [1.29, 1.82) is 0 Å². The molecule has 0 spiro atoms. The van der Waals surface area contributed by atoms with Crippen molar-refractivity contribution in [1.82, 2.24) is 0 Å². The number of carbonyl (C=O) groups is 1. The van der Waals surface area contributed by atoms with E-state index >= 15 is 0 Å². The molecule has 0 aliphatic rings. The molecule has 0 saturated heterocycles. The van der Waals surface area contributed by atoms with Gasteiger partial charge in [0, 0.05) is 0 Å². The van der Waals surface area contributed by atoms with E-state index in [1.165, 1.54) is 24.3 Å². The maximum absolute atomic E-state index is 13.8. The lowest BCUT2D eigenvalue weighted by Gasteiger charge is -2.12. The molecule has 0 atom stereocenters. The second-order valence-corrected chi connectivity index (χ2v) is 5.06. The number of rotatable bonds is 3. The molecule has 0 bridgehead atoms. The number of carboxylic acid groups (broad SMARTS) is 1. The summed E-state index contributed by atoms with van der Waals surface area (Å²) in [6.45, 7) is 0. The molecule has 0 fully saturated rings. The topological polar surface area (TPSA) is 49.3 Å². The molecule has 2 aromatic carbocycles. The third-order valence-electron chi connectivity index (χ3n) is 2.51. The van der Waals surface area contributed by atoms with Gasteiger partial charge in [-0.2, -0.15) is 0 Å². The summed E-state index contributed by atoms with van der Waals surface area (Å²) in [7, 11) is 0. The van der Waals surface area contributed by atoms with E-state index in [2.05, 4.69) is 5.32 Å². The monoisotopic (exact) mass is 333 g/mol. The Morgan fingerprint density at radius 2 is 1.75 bits per heavy atom. The van der Waals surface area contributed by atoms with Crippen molar-refractivity contribution in [3.63, 3.8) is 0 Å². The number of nitrogens with one attached hydrogen (secondary N) is 1. The van der Waals surface area contributed by atoms with E-state index < -0.39 is 11.8 Å². The molecule has 0 heterocycles.